The highest BCUT2D eigenvalue weighted by atomic mass is 16.5. The summed E-state index contributed by atoms with van der Waals surface area (Å²) in [4.78, 5) is 42.2. The van der Waals surface area contributed by atoms with Crippen molar-refractivity contribution in [3.63, 3.8) is 0 Å². The van der Waals surface area contributed by atoms with Crippen molar-refractivity contribution in [2.75, 3.05) is 35.3 Å². The van der Waals surface area contributed by atoms with Crippen molar-refractivity contribution < 1.29 is 23.6 Å². The molecule has 8 nitrogen and oxygen atoms in total. The van der Waals surface area contributed by atoms with Gasteiger partial charge in [0.05, 0.1) is 39.7 Å². The molecule has 0 aliphatic heterocycles. The third-order valence-electron chi connectivity index (χ3n) is 8.10. The molecule has 1 aromatic carbocycles. The predicted octanol–water partition coefficient (Wildman–Crippen LogP) is 4.66. The number of para-hydroxylation sites is 1. The molecular formula is C33H53N4O4+. The molecule has 0 aliphatic rings. The summed E-state index contributed by atoms with van der Waals surface area (Å²) in [5.41, 5.74) is 1.49. The van der Waals surface area contributed by atoms with Crippen LogP contribution >= 0.6 is 0 Å². The van der Waals surface area contributed by atoms with Crippen LogP contribution in [-0.2, 0) is 31.6 Å². The summed E-state index contributed by atoms with van der Waals surface area (Å²) in [6, 6.07) is 6.58. The summed E-state index contributed by atoms with van der Waals surface area (Å²) < 4.78 is 7.35. The molecule has 228 valence electrons. The van der Waals surface area contributed by atoms with Crippen molar-refractivity contribution in [2.45, 2.75) is 78.9 Å². The molecule has 2 rings (SSSR count). The van der Waals surface area contributed by atoms with Crippen LogP contribution in [0.3, 0.4) is 0 Å². The minimum atomic E-state index is -0.787. The number of fused-ring (bicyclic) bond motifs is 1. The number of benzene rings is 1. The van der Waals surface area contributed by atoms with Gasteiger partial charge < -0.3 is 24.0 Å². The summed E-state index contributed by atoms with van der Waals surface area (Å²) in [5, 5.41) is 4.30. The molecule has 0 radical (unpaired) electrons. The van der Waals surface area contributed by atoms with Crippen molar-refractivity contribution in [1.29, 1.82) is 0 Å². The van der Waals surface area contributed by atoms with Gasteiger partial charge in [0, 0.05) is 36.8 Å². The Balaban J connectivity index is 2.54. The Bertz CT molecular complexity index is 1290. The highest BCUT2D eigenvalue weighted by molar-refractivity contribution is 5.92. The molecule has 1 aromatic heterocycles. The fraction of sp³-hybridized carbons (Fsp3) is 0.606. The Morgan fingerprint density at radius 3 is 2.10 bits per heavy atom. The van der Waals surface area contributed by atoms with Crippen LogP contribution in [0, 0.1) is 11.3 Å². The molecule has 1 heterocycles. The molecule has 8 heteroatoms. The number of rotatable bonds is 10. The number of carbonyl (C=O) groups is 3. The topological polar surface area (TPSA) is 80.6 Å². The molecule has 1 N–H and O–H groups in total. The van der Waals surface area contributed by atoms with E-state index in [-0.39, 0.29) is 23.8 Å². The van der Waals surface area contributed by atoms with Crippen LogP contribution in [0.1, 0.15) is 61.0 Å². The van der Waals surface area contributed by atoms with E-state index in [4.69, 9.17) is 4.74 Å². The normalized spacial score (nSPS) is 15.4. The van der Waals surface area contributed by atoms with Crippen molar-refractivity contribution in [2.24, 2.45) is 18.4 Å². The van der Waals surface area contributed by atoms with E-state index < -0.39 is 28.9 Å². The molecule has 2 aromatic rings. The van der Waals surface area contributed by atoms with Gasteiger partial charge in [0.15, 0.2) is 6.04 Å². The van der Waals surface area contributed by atoms with E-state index >= 15 is 0 Å². The summed E-state index contributed by atoms with van der Waals surface area (Å²) in [6.45, 7) is 15.8. The van der Waals surface area contributed by atoms with Gasteiger partial charge in [-0.1, -0.05) is 58.9 Å². The zero-order chi connectivity index (χ0) is 31.7. The Morgan fingerprint density at radius 2 is 1.61 bits per heavy atom. The lowest BCUT2D eigenvalue weighted by atomic mass is 9.75. The van der Waals surface area contributed by atoms with Crippen molar-refractivity contribution in [3.8, 4) is 0 Å². The van der Waals surface area contributed by atoms with Crippen LogP contribution in [0.25, 0.3) is 10.9 Å². The third kappa shape index (κ3) is 7.39. The highest BCUT2D eigenvalue weighted by Crippen LogP contribution is 2.38. The third-order valence-corrected chi connectivity index (χ3v) is 8.10. The maximum absolute atomic E-state index is 14.4. The van der Waals surface area contributed by atoms with Crippen LogP contribution < -0.4 is 5.32 Å². The minimum Gasteiger partial charge on any atom is -0.466 e. The van der Waals surface area contributed by atoms with Gasteiger partial charge in [-0.05, 0) is 43.7 Å². The maximum Gasteiger partial charge on any atom is 0.333 e. The van der Waals surface area contributed by atoms with Gasteiger partial charge >= 0.3 is 5.97 Å². The molecule has 41 heavy (non-hydrogen) atoms. The fourth-order valence-corrected chi connectivity index (χ4v) is 6.11. The zero-order valence-corrected chi connectivity index (χ0v) is 27.7. The second kappa shape index (κ2) is 12.4. The van der Waals surface area contributed by atoms with E-state index in [0.29, 0.717) is 10.1 Å². The monoisotopic (exact) mass is 569 g/mol. The molecular weight excluding hydrogens is 516 g/mol. The molecule has 3 atom stereocenters. The number of quaternary nitrogens is 1. The van der Waals surface area contributed by atoms with E-state index in [1.165, 1.54) is 7.11 Å². The number of hydrogen-bond acceptors (Lipinski definition) is 4. The molecule has 0 saturated heterocycles. The molecule has 0 spiro atoms. The lowest BCUT2D eigenvalue weighted by Crippen LogP contribution is -2.65. The van der Waals surface area contributed by atoms with Crippen LogP contribution in [0.15, 0.2) is 42.1 Å². The lowest BCUT2D eigenvalue weighted by molar-refractivity contribution is -0.891. The second-order valence-corrected chi connectivity index (χ2v) is 14.2. The Hall–Kier alpha value is -3.13. The van der Waals surface area contributed by atoms with Crippen LogP contribution in [0.2, 0.25) is 0 Å². The quantitative estimate of drug-likeness (QED) is 0.256. The number of aromatic nitrogens is 1. The SMILES string of the molecule is COC(=O)/C(C)=C/[C@H](C(C)C)N(C)C(=O)[C@@H](NC(=O)[C@H](C(C)(C)c1cn(C)c2ccccc12)[N+](C)(C)C)C(C)(C)C. The number of amides is 2. The van der Waals surface area contributed by atoms with Crippen molar-refractivity contribution in [1.82, 2.24) is 14.8 Å². The molecule has 0 aliphatic carbocycles. The number of likely N-dealkylation sites (N-methyl/N-ethyl adjacent to an activating group) is 2. The Kier molecular flexibility index (Phi) is 10.3. The number of nitrogens with one attached hydrogen (secondary N) is 1. The first-order valence-electron chi connectivity index (χ1n) is 14.4. The van der Waals surface area contributed by atoms with Crippen LogP contribution in [-0.4, -0.2) is 85.2 Å². The first-order chi connectivity index (χ1) is 18.7. The van der Waals surface area contributed by atoms with Gasteiger partial charge in [0.2, 0.25) is 5.91 Å². The summed E-state index contributed by atoms with van der Waals surface area (Å²) in [5.74, 6) is -0.788. The van der Waals surface area contributed by atoms with Crippen LogP contribution in [0.4, 0.5) is 0 Å². The number of esters is 1. The highest BCUT2D eigenvalue weighted by Gasteiger charge is 2.49. The first kappa shape index (κ1) is 34.1. The smallest absolute Gasteiger partial charge is 0.333 e. The summed E-state index contributed by atoms with van der Waals surface area (Å²) in [6.07, 6.45) is 3.89. The number of methoxy groups -OCH3 is 1. The average molecular weight is 570 g/mol. The van der Waals surface area contributed by atoms with Crippen molar-refractivity contribution >= 4 is 28.7 Å². The summed E-state index contributed by atoms with van der Waals surface area (Å²) in [7, 11) is 11.2. The van der Waals surface area contributed by atoms with E-state index in [1.807, 2.05) is 74.9 Å². The van der Waals surface area contributed by atoms with Crippen LogP contribution in [0.5, 0.6) is 0 Å². The largest absolute Gasteiger partial charge is 0.466 e. The van der Waals surface area contributed by atoms with E-state index in [9.17, 15) is 14.4 Å². The number of aryl methyl sites for hydroxylation is 1. The standard InChI is InChI=1S/C33H52N4O4/c1-21(2)26(19-22(3)31(40)41-14)36(10)30(39)27(32(4,5)6)34-29(38)28(37(11,12)13)33(7,8)24-20-35(9)25-18-16-15-17-23(24)25/h15-21,26-28H,1-14H3/p+1/b22-19+/t26-,27-,28-/m1/s1. The van der Waals surface area contributed by atoms with Gasteiger partial charge in [0.25, 0.3) is 5.91 Å². The second-order valence-electron chi connectivity index (χ2n) is 14.2. The number of nitrogens with zero attached hydrogens (tertiary/aromatic N) is 3. The molecule has 0 unspecified atom stereocenters. The molecule has 2 amide bonds. The van der Waals surface area contributed by atoms with E-state index in [2.05, 4.69) is 42.1 Å². The predicted molar refractivity (Wildman–Crippen MR) is 166 cm³/mol. The van der Waals surface area contributed by atoms with E-state index in [0.717, 1.165) is 16.5 Å². The lowest BCUT2D eigenvalue weighted by Gasteiger charge is -2.44. The van der Waals surface area contributed by atoms with Crippen molar-refractivity contribution in [3.05, 3.63) is 47.7 Å². The molecule has 0 fully saturated rings. The van der Waals surface area contributed by atoms with Gasteiger partial charge in [-0.25, -0.2) is 4.79 Å². The Labute approximate surface area is 247 Å². The minimum absolute atomic E-state index is 0.0316. The number of ether oxygens (including phenoxy) is 1. The fourth-order valence-electron chi connectivity index (χ4n) is 6.11. The zero-order valence-electron chi connectivity index (χ0n) is 27.7. The number of carbonyl (C=O) groups excluding carboxylic acids is 3. The molecule has 0 saturated carbocycles. The molecule has 0 bridgehead atoms. The van der Waals surface area contributed by atoms with Gasteiger partial charge in [-0.3, -0.25) is 9.59 Å². The van der Waals surface area contributed by atoms with E-state index in [1.54, 1.807) is 24.9 Å². The summed E-state index contributed by atoms with van der Waals surface area (Å²) >= 11 is 0. The first-order valence-corrected chi connectivity index (χ1v) is 14.4. The maximum atomic E-state index is 14.4. The number of hydrogen-bond donors (Lipinski definition) is 1. The van der Waals surface area contributed by atoms with Gasteiger partial charge in [-0.2, -0.15) is 0 Å². The average Bonchev–Trinajstić information content (AvgIpc) is 3.19. The van der Waals surface area contributed by atoms with Gasteiger partial charge in [0.1, 0.15) is 6.04 Å². The Morgan fingerprint density at radius 1 is 1.05 bits per heavy atom. The van der Waals surface area contributed by atoms with Gasteiger partial charge in [-0.15, -0.1) is 0 Å².